The first-order valence-electron chi connectivity index (χ1n) is 5.80. The Labute approximate surface area is 126 Å². The van der Waals surface area contributed by atoms with E-state index in [0.717, 1.165) is 5.56 Å². The predicted molar refractivity (Wildman–Crippen MR) is 83.2 cm³/mol. The highest BCUT2D eigenvalue weighted by atomic mass is 35.5. The third-order valence-corrected chi connectivity index (χ3v) is 3.59. The van der Waals surface area contributed by atoms with E-state index in [1.807, 2.05) is 13.0 Å². The fraction of sp³-hybridized carbons (Fsp3) is 0.154. The predicted octanol–water partition coefficient (Wildman–Crippen LogP) is 2.27. The van der Waals surface area contributed by atoms with Crippen molar-refractivity contribution >= 4 is 40.5 Å². The number of aromatic nitrogens is 2. The van der Waals surface area contributed by atoms with Gasteiger partial charge in [-0.05, 0) is 18.6 Å². The summed E-state index contributed by atoms with van der Waals surface area (Å²) in [4.78, 5) is 12.5. The average molecular weight is 309 g/mol. The van der Waals surface area contributed by atoms with E-state index in [9.17, 15) is 4.79 Å². The number of nitrogens with two attached hydrogens (primary N) is 1. The summed E-state index contributed by atoms with van der Waals surface area (Å²) in [5.74, 6) is 0.111. The van der Waals surface area contributed by atoms with Gasteiger partial charge in [-0.3, -0.25) is 9.48 Å². The van der Waals surface area contributed by atoms with E-state index >= 15 is 0 Å². The molecule has 0 fully saturated rings. The standard InChI is InChI=1S/C13H13ClN4OS/c1-7-4-3-5-8(10(7)14)13(19)17-12-9(11(15)20)6-16-18(12)2/h3-6H,1-2H3,(H2,15,20)(H,17,19). The first kappa shape index (κ1) is 14.5. The molecule has 0 aliphatic carbocycles. The summed E-state index contributed by atoms with van der Waals surface area (Å²) < 4.78 is 1.50. The first-order valence-corrected chi connectivity index (χ1v) is 6.58. The Morgan fingerprint density at radius 2 is 2.15 bits per heavy atom. The normalized spacial score (nSPS) is 10.3. The molecule has 2 rings (SSSR count). The van der Waals surface area contributed by atoms with Gasteiger partial charge >= 0.3 is 0 Å². The Kier molecular flexibility index (Phi) is 4.06. The zero-order chi connectivity index (χ0) is 14.9. The Balaban J connectivity index is 2.35. The third-order valence-electron chi connectivity index (χ3n) is 2.87. The maximum Gasteiger partial charge on any atom is 0.258 e. The molecule has 0 unspecified atom stereocenters. The van der Waals surface area contributed by atoms with Gasteiger partial charge in [0.2, 0.25) is 0 Å². The second-order valence-corrected chi connectivity index (χ2v) is 5.10. The lowest BCUT2D eigenvalue weighted by Gasteiger charge is -2.10. The number of amides is 1. The van der Waals surface area contributed by atoms with Crippen LogP contribution in [-0.2, 0) is 7.05 Å². The molecule has 20 heavy (non-hydrogen) atoms. The van der Waals surface area contributed by atoms with Crippen LogP contribution in [0.5, 0.6) is 0 Å². The summed E-state index contributed by atoms with van der Waals surface area (Å²) in [7, 11) is 1.69. The van der Waals surface area contributed by atoms with Gasteiger partial charge in [0.15, 0.2) is 0 Å². The van der Waals surface area contributed by atoms with Gasteiger partial charge in [-0.15, -0.1) is 0 Å². The van der Waals surface area contributed by atoms with E-state index in [2.05, 4.69) is 10.4 Å². The maximum atomic E-state index is 12.3. The molecule has 0 spiro atoms. The Morgan fingerprint density at radius 1 is 1.45 bits per heavy atom. The smallest absolute Gasteiger partial charge is 0.258 e. The highest BCUT2D eigenvalue weighted by Gasteiger charge is 2.17. The number of anilines is 1. The van der Waals surface area contributed by atoms with Crippen LogP contribution in [0, 0.1) is 6.92 Å². The zero-order valence-electron chi connectivity index (χ0n) is 11.0. The van der Waals surface area contributed by atoms with Crippen LogP contribution >= 0.6 is 23.8 Å². The van der Waals surface area contributed by atoms with Crippen molar-refractivity contribution in [1.82, 2.24) is 9.78 Å². The molecule has 3 N–H and O–H groups in total. The van der Waals surface area contributed by atoms with Crippen molar-refractivity contribution in [3.05, 3.63) is 46.1 Å². The first-order chi connectivity index (χ1) is 9.41. The zero-order valence-corrected chi connectivity index (χ0v) is 12.5. The second kappa shape index (κ2) is 5.60. The topological polar surface area (TPSA) is 72.9 Å². The monoisotopic (exact) mass is 308 g/mol. The molecule has 2 aromatic rings. The van der Waals surface area contributed by atoms with Gasteiger partial charge in [0.05, 0.1) is 22.3 Å². The van der Waals surface area contributed by atoms with Crippen molar-refractivity contribution in [3.8, 4) is 0 Å². The van der Waals surface area contributed by atoms with E-state index in [4.69, 9.17) is 29.6 Å². The number of carbonyl (C=O) groups excluding carboxylic acids is 1. The van der Waals surface area contributed by atoms with E-state index < -0.39 is 0 Å². The number of nitrogens with one attached hydrogen (secondary N) is 1. The number of thiocarbonyl (C=S) groups is 1. The van der Waals surface area contributed by atoms with Gasteiger partial charge in [-0.2, -0.15) is 5.10 Å². The van der Waals surface area contributed by atoms with Crippen molar-refractivity contribution < 1.29 is 4.79 Å². The lowest BCUT2D eigenvalue weighted by Crippen LogP contribution is -2.19. The lowest BCUT2D eigenvalue weighted by atomic mass is 10.1. The van der Waals surface area contributed by atoms with Crippen molar-refractivity contribution in [2.45, 2.75) is 6.92 Å². The highest BCUT2D eigenvalue weighted by Crippen LogP contribution is 2.22. The number of carbonyl (C=O) groups is 1. The summed E-state index contributed by atoms with van der Waals surface area (Å²) >= 11 is 11.1. The molecular weight excluding hydrogens is 296 g/mol. The van der Waals surface area contributed by atoms with Crippen LogP contribution in [0.25, 0.3) is 0 Å². The average Bonchev–Trinajstić information content (AvgIpc) is 2.74. The number of hydrogen-bond donors (Lipinski definition) is 2. The number of rotatable bonds is 3. The molecule has 0 saturated carbocycles. The summed E-state index contributed by atoms with van der Waals surface area (Å²) in [6.07, 6.45) is 1.51. The molecule has 1 heterocycles. The molecule has 0 atom stereocenters. The minimum Gasteiger partial charge on any atom is -0.389 e. The number of hydrogen-bond acceptors (Lipinski definition) is 3. The molecular formula is C13H13ClN4OS. The minimum atomic E-state index is -0.334. The molecule has 1 aromatic carbocycles. The van der Waals surface area contributed by atoms with Crippen molar-refractivity contribution in [2.24, 2.45) is 12.8 Å². The molecule has 0 radical (unpaired) electrons. The van der Waals surface area contributed by atoms with E-state index in [1.54, 1.807) is 19.2 Å². The molecule has 0 aliphatic heterocycles. The van der Waals surface area contributed by atoms with Gasteiger partial charge in [0.1, 0.15) is 10.8 Å². The van der Waals surface area contributed by atoms with Crippen LogP contribution in [0.3, 0.4) is 0 Å². The van der Waals surface area contributed by atoms with Crippen LogP contribution in [-0.4, -0.2) is 20.7 Å². The van der Waals surface area contributed by atoms with E-state index in [-0.39, 0.29) is 10.9 Å². The molecule has 0 aliphatic rings. The largest absolute Gasteiger partial charge is 0.389 e. The Bertz CT molecular complexity index is 696. The maximum absolute atomic E-state index is 12.3. The van der Waals surface area contributed by atoms with E-state index in [1.165, 1.54) is 10.9 Å². The molecule has 1 amide bonds. The fourth-order valence-corrected chi connectivity index (χ4v) is 2.12. The number of halogens is 1. The van der Waals surface area contributed by atoms with E-state index in [0.29, 0.717) is 22.0 Å². The summed E-state index contributed by atoms with van der Waals surface area (Å²) in [6, 6.07) is 5.26. The molecule has 1 aromatic heterocycles. The molecule has 104 valence electrons. The number of nitrogens with zero attached hydrogens (tertiary/aromatic N) is 2. The van der Waals surface area contributed by atoms with Crippen LogP contribution in [0.2, 0.25) is 5.02 Å². The lowest BCUT2D eigenvalue weighted by molar-refractivity contribution is 0.102. The summed E-state index contributed by atoms with van der Waals surface area (Å²) in [5, 5.41) is 7.18. The molecule has 7 heteroatoms. The Morgan fingerprint density at radius 3 is 2.80 bits per heavy atom. The number of benzene rings is 1. The molecule has 0 bridgehead atoms. The molecule has 0 saturated heterocycles. The van der Waals surface area contributed by atoms with Gasteiger partial charge in [-0.1, -0.05) is 36.0 Å². The Hall–Kier alpha value is -1.92. The minimum absolute atomic E-state index is 0.170. The van der Waals surface area contributed by atoms with Crippen LogP contribution < -0.4 is 11.1 Å². The van der Waals surface area contributed by atoms with Crippen molar-refractivity contribution in [3.63, 3.8) is 0 Å². The van der Waals surface area contributed by atoms with Gasteiger partial charge in [-0.25, -0.2) is 0 Å². The van der Waals surface area contributed by atoms with Crippen LogP contribution in [0.1, 0.15) is 21.5 Å². The molecule has 5 nitrogen and oxygen atoms in total. The van der Waals surface area contributed by atoms with Gasteiger partial charge in [0, 0.05) is 7.05 Å². The van der Waals surface area contributed by atoms with Gasteiger partial charge < -0.3 is 11.1 Å². The second-order valence-electron chi connectivity index (χ2n) is 4.29. The highest BCUT2D eigenvalue weighted by molar-refractivity contribution is 7.80. The van der Waals surface area contributed by atoms with Crippen molar-refractivity contribution in [1.29, 1.82) is 0 Å². The van der Waals surface area contributed by atoms with Crippen LogP contribution in [0.4, 0.5) is 5.82 Å². The van der Waals surface area contributed by atoms with Crippen molar-refractivity contribution in [2.75, 3.05) is 5.32 Å². The summed E-state index contributed by atoms with van der Waals surface area (Å²) in [6.45, 7) is 1.84. The number of aryl methyl sites for hydroxylation is 2. The third kappa shape index (κ3) is 2.66. The quantitative estimate of drug-likeness (QED) is 0.853. The summed E-state index contributed by atoms with van der Waals surface area (Å²) in [5.41, 5.74) is 7.33. The fourth-order valence-electron chi connectivity index (χ4n) is 1.76. The van der Waals surface area contributed by atoms with Gasteiger partial charge in [0.25, 0.3) is 5.91 Å². The SMILES string of the molecule is Cc1cccc(C(=O)Nc2c(C(N)=S)cnn2C)c1Cl. The van der Waals surface area contributed by atoms with Crippen LogP contribution in [0.15, 0.2) is 24.4 Å².